The molecule has 0 spiro atoms. The van der Waals surface area contributed by atoms with Gasteiger partial charge in [-0.1, -0.05) is 197 Å². The molecule has 0 unspecified atom stereocenters. The van der Waals surface area contributed by atoms with Gasteiger partial charge in [0.15, 0.2) is 0 Å². The van der Waals surface area contributed by atoms with Gasteiger partial charge in [-0.05, 0) is 203 Å². The molecule has 8 aromatic rings. The zero-order valence-corrected chi connectivity index (χ0v) is 41.6. The van der Waals surface area contributed by atoms with Crippen LogP contribution in [0.2, 0.25) is 0 Å². The number of fused-ring (bicyclic) bond motifs is 3. The lowest BCUT2D eigenvalue weighted by molar-refractivity contribution is 0.667. The molecule has 0 atom stereocenters. The highest BCUT2D eigenvalue weighted by Gasteiger charge is 2.47. The Morgan fingerprint density at radius 2 is 0.701 bits per heavy atom. The molecule has 0 fully saturated rings. The van der Waals surface area contributed by atoms with Gasteiger partial charge in [-0.15, -0.1) is 0 Å². The van der Waals surface area contributed by atoms with Crippen LogP contribution >= 0.6 is 0 Å². The fourth-order valence-corrected chi connectivity index (χ4v) is 11.8. The average molecular weight is 875 g/mol. The largest absolute Gasteiger partial charge is 0.0714 e. The van der Waals surface area contributed by atoms with Crippen LogP contribution in [0.25, 0.3) is 55.6 Å². The Morgan fingerprint density at radius 1 is 0.328 bits per heavy atom. The van der Waals surface area contributed by atoms with Crippen LogP contribution in [-0.4, -0.2) is 0 Å². The monoisotopic (exact) mass is 875 g/mol. The lowest BCUT2D eigenvalue weighted by Gasteiger charge is -2.35. The van der Waals surface area contributed by atoms with Crippen molar-refractivity contribution in [3.05, 3.63) is 224 Å². The van der Waals surface area contributed by atoms with Gasteiger partial charge in [0.1, 0.15) is 0 Å². The highest BCUT2D eigenvalue weighted by atomic mass is 14.5. The first-order valence-corrected chi connectivity index (χ1v) is 25.4. The zero-order chi connectivity index (χ0) is 46.7. The number of aryl methyl sites for hydroxylation is 8. The van der Waals surface area contributed by atoms with Crippen LogP contribution in [-0.2, 0) is 18.3 Å². The maximum Gasteiger partial charge on any atom is 0.0714 e. The average Bonchev–Trinajstić information content (AvgIpc) is 3.61. The Kier molecular flexibility index (Phi) is 13.6. The van der Waals surface area contributed by atoms with E-state index in [-0.39, 0.29) is 0 Å². The second-order valence-electron chi connectivity index (χ2n) is 20.0. The second kappa shape index (κ2) is 19.9. The summed E-state index contributed by atoms with van der Waals surface area (Å²) in [7, 11) is 0. The van der Waals surface area contributed by atoms with Crippen molar-refractivity contribution in [3.63, 3.8) is 0 Å². The molecule has 1 aliphatic rings. The van der Waals surface area contributed by atoms with Gasteiger partial charge in [-0.3, -0.25) is 0 Å². The third kappa shape index (κ3) is 9.13. The van der Waals surface area contributed by atoms with Crippen molar-refractivity contribution in [1.29, 1.82) is 0 Å². The van der Waals surface area contributed by atoms with Crippen LogP contribution in [0.4, 0.5) is 0 Å². The first kappa shape index (κ1) is 45.9. The Bertz CT molecular complexity index is 2770. The minimum Gasteiger partial charge on any atom is -0.0654 e. The molecular formula is C67H70. The van der Waals surface area contributed by atoms with Gasteiger partial charge in [0.2, 0.25) is 0 Å². The predicted octanol–water partition coefficient (Wildman–Crippen LogP) is 18.8. The molecule has 0 amide bonds. The van der Waals surface area contributed by atoms with Gasteiger partial charge in [0.25, 0.3) is 0 Å². The molecule has 0 bridgehead atoms. The van der Waals surface area contributed by atoms with Crippen LogP contribution in [0, 0.1) is 41.5 Å². The van der Waals surface area contributed by atoms with E-state index in [9.17, 15) is 0 Å². The van der Waals surface area contributed by atoms with Gasteiger partial charge in [0, 0.05) is 0 Å². The van der Waals surface area contributed by atoms with E-state index in [0.717, 1.165) is 12.8 Å². The first-order chi connectivity index (χ1) is 32.6. The molecule has 0 saturated carbocycles. The van der Waals surface area contributed by atoms with E-state index in [4.69, 9.17) is 0 Å². The summed E-state index contributed by atoms with van der Waals surface area (Å²) in [6.07, 6.45) is 12.5. The quantitative estimate of drug-likeness (QED) is 0.0849. The Labute approximate surface area is 403 Å². The van der Waals surface area contributed by atoms with Crippen molar-refractivity contribution in [2.45, 2.75) is 125 Å². The molecule has 1 aliphatic carbocycles. The van der Waals surface area contributed by atoms with Crippen molar-refractivity contribution in [2.24, 2.45) is 0 Å². The molecule has 338 valence electrons. The van der Waals surface area contributed by atoms with Crippen LogP contribution in [0.15, 0.2) is 158 Å². The van der Waals surface area contributed by atoms with E-state index in [1.54, 1.807) is 0 Å². The van der Waals surface area contributed by atoms with Crippen LogP contribution in [0.3, 0.4) is 0 Å². The molecule has 0 saturated heterocycles. The number of hydrogen-bond acceptors (Lipinski definition) is 0. The summed E-state index contributed by atoms with van der Waals surface area (Å²) in [6, 6.07) is 62.1. The number of benzene rings is 8. The third-order valence-corrected chi connectivity index (χ3v) is 14.9. The van der Waals surface area contributed by atoms with E-state index >= 15 is 0 Å². The molecule has 0 aliphatic heterocycles. The highest BCUT2D eigenvalue weighted by Crippen LogP contribution is 2.58. The smallest absolute Gasteiger partial charge is 0.0654 e. The van der Waals surface area contributed by atoms with Crippen molar-refractivity contribution in [2.75, 3.05) is 0 Å². The van der Waals surface area contributed by atoms with E-state index in [1.807, 2.05) is 0 Å². The maximum absolute atomic E-state index is 2.56. The Balaban J connectivity index is 1.29. The summed E-state index contributed by atoms with van der Waals surface area (Å²) in [6.45, 7) is 18.1. The highest BCUT2D eigenvalue weighted by molar-refractivity contribution is 5.92. The zero-order valence-electron chi connectivity index (χ0n) is 41.6. The molecule has 8 aromatic carbocycles. The van der Waals surface area contributed by atoms with Crippen LogP contribution < -0.4 is 0 Å². The summed E-state index contributed by atoms with van der Waals surface area (Å²) in [5, 5.41) is 0. The number of rotatable bonds is 16. The van der Waals surface area contributed by atoms with Crippen molar-refractivity contribution < 1.29 is 0 Å². The van der Waals surface area contributed by atoms with Gasteiger partial charge in [-0.25, -0.2) is 0 Å². The summed E-state index contributed by atoms with van der Waals surface area (Å²) >= 11 is 0. The third-order valence-electron chi connectivity index (χ3n) is 14.9. The molecule has 9 rings (SSSR count). The lowest BCUT2D eigenvalue weighted by Crippen LogP contribution is -2.29. The fraction of sp³-hybridized carbons (Fsp3) is 0.284. The second-order valence-corrected chi connectivity index (χ2v) is 20.0. The lowest BCUT2D eigenvalue weighted by atomic mass is 9.66. The van der Waals surface area contributed by atoms with Gasteiger partial charge < -0.3 is 0 Å². The standard InChI is InChI=1S/C67H70/c1-9-11-13-15-19-51-25-29-53(30-26-51)55-21-17-23-59(41-55)67(60-24-18-22-56(42-60)54-31-27-52(28-32-54)20-16-14-12-10-2)63-43-57(65-47(5)37-45(3)38-48(65)6)33-35-61(63)62-36-34-58(44-64(62)67)66-49(7)39-46(4)40-50(66)8/h17-18,21-44H,9-16,19-20H2,1-8H3. The van der Waals surface area contributed by atoms with Gasteiger partial charge >= 0.3 is 0 Å². The van der Waals surface area contributed by atoms with Gasteiger partial charge in [-0.2, -0.15) is 0 Å². The molecular weight excluding hydrogens is 805 g/mol. The molecule has 0 heteroatoms. The Hall–Kier alpha value is -6.24. The van der Waals surface area contributed by atoms with Crippen LogP contribution in [0.1, 0.15) is 132 Å². The molecule has 0 heterocycles. The summed E-state index contributed by atoms with van der Waals surface area (Å²) in [4.78, 5) is 0. The van der Waals surface area contributed by atoms with E-state index in [0.29, 0.717) is 0 Å². The predicted molar refractivity (Wildman–Crippen MR) is 290 cm³/mol. The van der Waals surface area contributed by atoms with Crippen molar-refractivity contribution in [3.8, 4) is 55.6 Å². The SMILES string of the molecule is CCCCCCc1ccc(-c2cccc(C3(c4cccc(-c5ccc(CCCCCC)cc5)c4)c4cc(-c5c(C)cc(C)cc5C)ccc4-c4ccc(-c5c(C)cc(C)cc5C)cc43)c2)cc1. The summed E-state index contributed by atoms with van der Waals surface area (Å²) in [5.41, 5.74) is 28.2. The van der Waals surface area contributed by atoms with E-state index < -0.39 is 5.41 Å². The van der Waals surface area contributed by atoms with Crippen molar-refractivity contribution >= 4 is 0 Å². The molecule has 67 heavy (non-hydrogen) atoms. The fourth-order valence-electron chi connectivity index (χ4n) is 11.8. The molecule has 0 N–H and O–H groups in total. The summed E-state index contributed by atoms with van der Waals surface area (Å²) < 4.78 is 0. The van der Waals surface area contributed by atoms with E-state index in [1.165, 1.54) is 174 Å². The number of hydrogen-bond donors (Lipinski definition) is 0. The normalized spacial score (nSPS) is 12.6. The molecule has 0 radical (unpaired) electrons. The number of unbranched alkanes of at least 4 members (excludes halogenated alkanes) is 6. The molecule has 0 nitrogen and oxygen atoms in total. The first-order valence-electron chi connectivity index (χ1n) is 25.4. The minimum atomic E-state index is -0.625. The minimum absolute atomic E-state index is 0.625. The van der Waals surface area contributed by atoms with Gasteiger partial charge in [0.05, 0.1) is 5.41 Å². The van der Waals surface area contributed by atoms with E-state index in [2.05, 4.69) is 213 Å². The van der Waals surface area contributed by atoms with Crippen molar-refractivity contribution in [1.82, 2.24) is 0 Å². The maximum atomic E-state index is 2.56. The topological polar surface area (TPSA) is 0 Å². The summed E-state index contributed by atoms with van der Waals surface area (Å²) in [5.74, 6) is 0. The molecule has 0 aromatic heterocycles. The van der Waals surface area contributed by atoms with Crippen LogP contribution in [0.5, 0.6) is 0 Å². The Morgan fingerprint density at radius 3 is 1.07 bits per heavy atom.